The van der Waals surface area contributed by atoms with Crippen LogP contribution in [0.3, 0.4) is 0 Å². The molecule has 1 aromatic rings. The van der Waals surface area contributed by atoms with Gasteiger partial charge in [-0.2, -0.15) is 8.78 Å². The van der Waals surface area contributed by atoms with Crippen LogP contribution in [-0.2, 0) is 6.54 Å². The first-order valence-electron chi connectivity index (χ1n) is 7.16. The summed E-state index contributed by atoms with van der Waals surface area (Å²) < 4.78 is 29.4. The molecule has 0 spiro atoms. The minimum atomic E-state index is -2.83. The van der Waals surface area contributed by atoms with E-state index in [2.05, 4.69) is 26.4 Å². The van der Waals surface area contributed by atoms with E-state index in [1.54, 1.807) is 19.2 Å². The van der Waals surface area contributed by atoms with Crippen molar-refractivity contribution in [3.63, 3.8) is 0 Å². The second-order valence-corrected chi connectivity index (χ2v) is 4.70. The molecule has 0 unspecified atom stereocenters. The van der Waals surface area contributed by atoms with Crippen molar-refractivity contribution in [2.45, 2.75) is 33.4 Å². The summed E-state index contributed by atoms with van der Waals surface area (Å²) in [5, 5.41) is 6.24. The van der Waals surface area contributed by atoms with Gasteiger partial charge in [0.1, 0.15) is 5.75 Å². The molecule has 0 radical (unpaired) electrons. The number of nitrogens with zero attached hydrogens (tertiary/aromatic N) is 1. The first-order valence-corrected chi connectivity index (χ1v) is 7.16. The summed E-state index contributed by atoms with van der Waals surface area (Å²) in [7, 11) is 1.66. The molecular formula is C16H23F2N3O. The number of ether oxygens (including phenoxy) is 1. The van der Waals surface area contributed by atoms with Crippen molar-refractivity contribution in [3.8, 4) is 5.75 Å². The van der Waals surface area contributed by atoms with Crippen molar-refractivity contribution >= 4 is 5.96 Å². The molecule has 6 heteroatoms. The molecule has 0 atom stereocenters. The van der Waals surface area contributed by atoms with E-state index in [-0.39, 0.29) is 5.75 Å². The molecule has 0 saturated heterocycles. The Labute approximate surface area is 130 Å². The third-order valence-electron chi connectivity index (χ3n) is 2.94. The molecule has 0 bridgehead atoms. The normalized spacial score (nSPS) is 12.0. The Morgan fingerprint density at radius 2 is 2.14 bits per heavy atom. The lowest BCUT2D eigenvalue weighted by atomic mass is 10.1. The van der Waals surface area contributed by atoms with Crippen molar-refractivity contribution in [2.75, 3.05) is 13.6 Å². The van der Waals surface area contributed by atoms with Gasteiger partial charge in [0.25, 0.3) is 0 Å². The molecule has 22 heavy (non-hydrogen) atoms. The van der Waals surface area contributed by atoms with Crippen LogP contribution in [0.25, 0.3) is 0 Å². The molecule has 122 valence electrons. The number of hydrogen-bond donors (Lipinski definition) is 2. The minimum absolute atomic E-state index is 0.178. The summed E-state index contributed by atoms with van der Waals surface area (Å²) in [6, 6.07) is 5.12. The van der Waals surface area contributed by atoms with E-state index >= 15 is 0 Å². The lowest BCUT2D eigenvalue weighted by Gasteiger charge is -2.15. The molecule has 0 aliphatic rings. The standard InChI is InChI=1S/C16H23F2N3O/c1-4-5-6-9-20-16(19-3)21-11-13-10-12(2)7-8-14(13)22-15(17)18/h4-5,7-8,10,15H,6,9,11H2,1-3H3,(H2,19,20,21)/b5-4+. The van der Waals surface area contributed by atoms with Gasteiger partial charge in [0.15, 0.2) is 5.96 Å². The van der Waals surface area contributed by atoms with Crippen LogP contribution in [0.4, 0.5) is 8.78 Å². The van der Waals surface area contributed by atoms with Crippen molar-refractivity contribution < 1.29 is 13.5 Å². The molecule has 0 saturated carbocycles. The van der Waals surface area contributed by atoms with Crippen LogP contribution in [0.2, 0.25) is 0 Å². The van der Waals surface area contributed by atoms with Crippen molar-refractivity contribution in [2.24, 2.45) is 4.99 Å². The Balaban J connectivity index is 2.63. The Morgan fingerprint density at radius 1 is 1.36 bits per heavy atom. The zero-order valence-corrected chi connectivity index (χ0v) is 13.2. The highest BCUT2D eigenvalue weighted by Gasteiger charge is 2.10. The first-order chi connectivity index (χ1) is 10.6. The quantitative estimate of drug-likeness (QED) is 0.352. The van der Waals surface area contributed by atoms with Crippen molar-refractivity contribution in [1.82, 2.24) is 10.6 Å². The SMILES string of the molecule is C/C=C/CCNC(=NC)NCc1cc(C)ccc1OC(F)F. The van der Waals surface area contributed by atoms with Gasteiger partial charge in [0.2, 0.25) is 0 Å². The fraction of sp³-hybridized carbons (Fsp3) is 0.438. The van der Waals surface area contributed by atoms with Gasteiger partial charge in [-0.3, -0.25) is 4.99 Å². The molecule has 0 aliphatic heterocycles. The number of benzene rings is 1. The molecule has 0 amide bonds. The second kappa shape index (κ2) is 9.76. The number of rotatable bonds is 7. The van der Waals surface area contributed by atoms with Crippen LogP contribution in [-0.4, -0.2) is 26.2 Å². The van der Waals surface area contributed by atoms with E-state index in [1.807, 2.05) is 26.0 Å². The average Bonchev–Trinajstić information content (AvgIpc) is 2.48. The summed E-state index contributed by atoms with van der Waals surface area (Å²) >= 11 is 0. The Kier molecular flexibility index (Phi) is 7.96. The maximum absolute atomic E-state index is 12.4. The third-order valence-corrected chi connectivity index (χ3v) is 2.94. The molecule has 0 fully saturated rings. The Hall–Kier alpha value is -2.11. The topological polar surface area (TPSA) is 45.7 Å². The predicted octanol–water partition coefficient (Wildman–Crippen LogP) is 3.23. The van der Waals surface area contributed by atoms with Crippen LogP contribution in [0.5, 0.6) is 5.75 Å². The van der Waals surface area contributed by atoms with E-state index in [0.29, 0.717) is 18.1 Å². The highest BCUT2D eigenvalue weighted by Crippen LogP contribution is 2.21. The van der Waals surface area contributed by atoms with E-state index in [0.717, 1.165) is 18.5 Å². The number of aliphatic imine (C=N–C) groups is 1. The molecule has 0 heterocycles. The van der Waals surface area contributed by atoms with Gasteiger partial charge in [-0.05, 0) is 26.3 Å². The molecule has 1 aromatic carbocycles. The summed E-state index contributed by atoms with van der Waals surface area (Å²) in [6.45, 7) is 2.14. The molecule has 1 rings (SSSR count). The van der Waals surface area contributed by atoms with Crippen LogP contribution in [0.1, 0.15) is 24.5 Å². The minimum Gasteiger partial charge on any atom is -0.434 e. The third kappa shape index (κ3) is 6.56. The highest BCUT2D eigenvalue weighted by atomic mass is 19.3. The molecule has 2 N–H and O–H groups in total. The monoisotopic (exact) mass is 311 g/mol. The van der Waals surface area contributed by atoms with E-state index in [1.165, 1.54) is 0 Å². The van der Waals surface area contributed by atoms with Crippen LogP contribution in [0.15, 0.2) is 35.3 Å². The number of halogens is 2. The van der Waals surface area contributed by atoms with Crippen LogP contribution >= 0.6 is 0 Å². The number of alkyl halides is 2. The molecular weight excluding hydrogens is 288 g/mol. The number of guanidine groups is 1. The first kappa shape index (κ1) is 17.9. The Bertz CT molecular complexity index is 516. The van der Waals surface area contributed by atoms with Crippen molar-refractivity contribution in [1.29, 1.82) is 0 Å². The van der Waals surface area contributed by atoms with E-state index < -0.39 is 6.61 Å². The summed E-state index contributed by atoms with van der Waals surface area (Å²) in [4.78, 5) is 4.10. The van der Waals surface area contributed by atoms with Gasteiger partial charge in [-0.1, -0.05) is 29.8 Å². The molecule has 4 nitrogen and oxygen atoms in total. The van der Waals surface area contributed by atoms with Gasteiger partial charge >= 0.3 is 6.61 Å². The van der Waals surface area contributed by atoms with Crippen molar-refractivity contribution in [3.05, 3.63) is 41.5 Å². The maximum Gasteiger partial charge on any atom is 0.387 e. The number of allylic oxidation sites excluding steroid dienone is 1. The number of aryl methyl sites for hydroxylation is 1. The van der Waals surface area contributed by atoms with Gasteiger partial charge in [-0.15, -0.1) is 0 Å². The van der Waals surface area contributed by atoms with E-state index in [4.69, 9.17) is 0 Å². The van der Waals surface area contributed by atoms with Crippen LogP contribution in [0, 0.1) is 6.92 Å². The number of nitrogens with one attached hydrogen (secondary N) is 2. The molecule has 0 aliphatic carbocycles. The summed E-state index contributed by atoms with van der Waals surface area (Å²) in [5.74, 6) is 0.798. The fourth-order valence-corrected chi connectivity index (χ4v) is 1.90. The zero-order chi connectivity index (χ0) is 16.4. The summed E-state index contributed by atoms with van der Waals surface area (Å²) in [5.41, 5.74) is 1.64. The van der Waals surface area contributed by atoms with Gasteiger partial charge in [-0.25, -0.2) is 0 Å². The van der Waals surface area contributed by atoms with Gasteiger partial charge < -0.3 is 15.4 Å². The van der Waals surface area contributed by atoms with Gasteiger partial charge in [0.05, 0.1) is 0 Å². The summed E-state index contributed by atoms with van der Waals surface area (Å²) in [6.07, 6.45) is 4.93. The van der Waals surface area contributed by atoms with Gasteiger partial charge in [0, 0.05) is 25.7 Å². The lowest BCUT2D eigenvalue weighted by Crippen LogP contribution is -2.37. The maximum atomic E-state index is 12.4. The fourth-order valence-electron chi connectivity index (χ4n) is 1.90. The predicted molar refractivity (Wildman–Crippen MR) is 85.4 cm³/mol. The number of hydrogen-bond acceptors (Lipinski definition) is 2. The Morgan fingerprint density at radius 3 is 2.77 bits per heavy atom. The van der Waals surface area contributed by atoms with E-state index in [9.17, 15) is 8.78 Å². The largest absolute Gasteiger partial charge is 0.434 e. The second-order valence-electron chi connectivity index (χ2n) is 4.70. The smallest absolute Gasteiger partial charge is 0.387 e. The lowest BCUT2D eigenvalue weighted by molar-refractivity contribution is -0.0504. The molecule has 0 aromatic heterocycles. The van der Waals surface area contributed by atoms with Crippen LogP contribution < -0.4 is 15.4 Å². The average molecular weight is 311 g/mol. The zero-order valence-electron chi connectivity index (χ0n) is 13.2. The highest BCUT2D eigenvalue weighted by molar-refractivity contribution is 5.79.